The number of amides is 1. The third-order valence-electron chi connectivity index (χ3n) is 5.87. The minimum atomic E-state index is -3.30. The number of sulfonamides is 1. The minimum absolute atomic E-state index is 0.0778. The number of aliphatic hydroxyl groups is 1. The molecule has 8 heteroatoms. The van der Waals surface area contributed by atoms with Crippen LogP contribution in [-0.2, 0) is 10.0 Å². The van der Waals surface area contributed by atoms with Crippen molar-refractivity contribution in [1.29, 1.82) is 0 Å². The number of nitrogens with zero attached hydrogens (tertiary/aromatic N) is 2. The first-order chi connectivity index (χ1) is 12.3. The molecule has 0 radical (unpaired) electrons. The molecule has 2 fully saturated rings. The van der Waals surface area contributed by atoms with Gasteiger partial charge in [0, 0.05) is 42.5 Å². The molecule has 2 N–H and O–H groups in total. The van der Waals surface area contributed by atoms with E-state index < -0.39 is 15.4 Å². The molecule has 2 aliphatic rings. The highest BCUT2D eigenvalue weighted by Crippen LogP contribution is 2.43. The van der Waals surface area contributed by atoms with Crippen LogP contribution < -0.4 is 0 Å². The number of benzene rings is 1. The van der Waals surface area contributed by atoms with Crippen LogP contribution in [0.1, 0.15) is 16.9 Å². The molecular weight excluding hydrogens is 354 g/mol. The van der Waals surface area contributed by atoms with Crippen molar-refractivity contribution in [1.82, 2.24) is 14.2 Å². The van der Waals surface area contributed by atoms with Crippen LogP contribution in [0.15, 0.2) is 30.3 Å². The lowest BCUT2D eigenvalue weighted by Gasteiger charge is -2.43. The molecule has 3 heterocycles. The highest BCUT2D eigenvalue weighted by atomic mass is 32.2. The molecule has 0 unspecified atom stereocenters. The van der Waals surface area contributed by atoms with Crippen LogP contribution in [0.25, 0.3) is 10.9 Å². The fourth-order valence-corrected chi connectivity index (χ4v) is 5.29. The second-order valence-corrected chi connectivity index (χ2v) is 9.54. The minimum Gasteiger partial charge on any atom is -0.396 e. The van der Waals surface area contributed by atoms with E-state index in [1.165, 1.54) is 10.6 Å². The van der Waals surface area contributed by atoms with E-state index in [1.54, 1.807) is 4.90 Å². The average Bonchev–Trinajstić information content (AvgIpc) is 3.22. The highest BCUT2D eigenvalue weighted by Gasteiger charge is 2.52. The van der Waals surface area contributed by atoms with Gasteiger partial charge in [0.15, 0.2) is 0 Å². The van der Waals surface area contributed by atoms with Crippen LogP contribution in [0.4, 0.5) is 0 Å². The van der Waals surface area contributed by atoms with Crippen LogP contribution >= 0.6 is 0 Å². The molecule has 4 rings (SSSR count). The van der Waals surface area contributed by atoms with E-state index in [-0.39, 0.29) is 25.0 Å². The zero-order valence-electron chi connectivity index (χ0n) is 14.7. The third kappa shape index (κ3) is 2.82. The summed E-state index contributed by atoms with van der Waals surface area (Å²) in [7, 11) is -3.30. The Morgan fingerprint density at radius 3 is 2.81 bits per heavy atom. The zero-order chi connectivity index (χ0) is 18.5. The SMILES string of the molecule is CS(=O)(=O)N1C[C@H]2CCN(C(=O)c3cc4ccccc4[nH]3)C[C@@]2(CO)C1. The lowest BCUT2D eigenvalue weighted by atomic mass is 9.74. The molecule has 1 aromatic carbocycles. The van der Waals surface area contributed by atoms with Crippen LogP contribution in [0, 0.1) is 11.3 Å². The summed E-state index contributed by atoms with van der Waals surface area (Å²) in [5, 5.41) is 11.0. The van der Waals surface area contributed by atoms with Gasteiger partial charge in [0.1, 0.15) is 5.69 Å². The van der Waals surface area contributed by atoms with Crippen molar-refractivity contribution in [2.75, 3.05) is 39.0 Å². The van der Waals surface area contributed by atoms with E-state index in [4.69, 9.17) is 0 Å². The third-order valence-corrected chi connectivity index (χ3v) is 7.08. The Kier molecular flexibility index (Phi) is 4.09. The summed E-state index contributed by atoms with van der Waals surface area (Å²) in [5.41, 5.74) is 0.852. The number of piperidine rings is 1. The van der Waals surface area contributed by atoms with E-state index in [0.29, 0.717) is 31.7 Å². The molecule has 0 bridgehead atoms. The molecule has 1 aromatic heterocycles. The monoisotopic (exact) mass is 377 g/mol. The van der Waals surface area contributed by atoms with E-state index in [2.05, 4.69) is 4.98 Å². The Morgan fingerprint density at radius 1 is 1.35 bits per heavy atom. The molecule has 0 spiro atoms. The summed E-state index contributed by atoms with van der Waals surface area (Å²) in [6.07, 6.45) is 1.89. The van der Waals surface area contributed by atoms with Gasteiger partial charge in [0.2, 0.25) is 10.0 Å². The number of fused-ring (bicyclic) bond motifs is 2. The second kappa shape index (κ2) is 6.07. The van der Waals surface area contributed by atoms with E-state index in [1.807, 2.05) is 30.3 Å². The summed E-state index contributed by atoms with van der Waals surface area (Å²) in [4.78, 5) is 17.9. The maximum Gasteiger partial charge on any atom is 0.270 e. The predicted molar refractivity (Wildman–Crippen MR) is 98.2 cm³/mol. The van der Waals surface area contributed by atoms with Crippen molar-refractivity contribution in [2.24, 2.45) is 11.3 Å². The van der Waals surface area contributed by atoms with E-state index >= 15 is 0 Å². The number of para-hydroxylation sites is 1. The number of rotatable bonds is 3. The number of likely N-dealkylation sites (tertiary alicyclic amines) is 1. The number of aromatic amines is 1. The Balaban J connectivity index is 1.58. The van der Waals surface area contributed by atoms with E-state index in [0.717, 1.165) is 10.9 Å². The zero-order valence-corrected chi connectivity index (χ0v) is 15.5. The number of hydrogen-bond donors (Lipinski definition) is 2. The summed E-state index contributed by atoms with van der Waals surface area (Å²) in [6, 6.07) is 9.55. The van der Waals surface area contributed by atoms with Gasteiger partial charge >= 0.3 is 0 Å². The summed E-state index contributed by atoms with van der Waals surface area (Å²) >= 11 is 0. The van der Waals surface area contributed by atoms with Gasteiger partial charge in [-0.05, 0) is 24.5 Å². The Bertz CT molecular complexity index is 921. The van der Waals surface area contributed by atoms with Gasteiger partial charge in [-0.3, -0.25) is 4.79 Å². The van der Waals surface area contributed by atoms with Crippen molar-refractivity contribution in [3.05, 3.63) is 36.0 Å². The first kappa shape index (κ1) is 17.5. The Labute approximate surface area is 152 Å². The number of H-pyrrole nitrogens is 1. The summed E-state index contributed by atoms with van der Waals surface area (Å²) in [5.74, 6) is -0.0285. The topological polar surface area (TPSA) is 93.7 Å². The Hall–Kier alpha value is -1.90. The van der Waals surface area contributed by atoms with Gasteiger partial charge in [-0.1, -0.05) is 18.2 Å². The molecule has 7 nitrogen and oxygen atoms in total. The first-order valence-electron chi connectivity index (χ1n) is 8.75. The van der Waals surface area contributed by atoms with Crippen LogP contribution in [0.3, 0.4) is 0 Å². The molecule has 2 aromatic rings. The van der Waals surface area contributed by atoms with Crippen LogP contribution in [0.5, 0.6) is 0 Å². The van der Waals surface area contributed by atoms with Gasteiger partial charge in [0.05, 0.1) is 12.9 Å². The molecule has 0 saturated carbocycles. The number of hydrogen-bond acceptors (Lipinski definition) is 4. The molecule has 2 saturated heterocycles. The standard InChI is InChI=1S/C18H23N3O4S/c1-26(24,25)21-9-14-6-7-20(10-18(14,11-21)12-22)17(23)16-8-13-4-2-3-5-15(13)19-16/h2-5,8,14,19,22H,6-7,9-12H2,1H3/t14-,18+/m1/s1. The number of aliphatic hydroxyl groups excluding tert-OH is 1. The molecular formula is C18H23N3O4S. The fourth-order valence-electron chi connectivity index (χ4n) is 4.35. The molecule has 2 aliphatic heterocycles. The van der Waals surface area contributed by atoms with Gasteiger partial charge in [-0.15, -0.1) is 0 Å². The smallest absolute Gasteiger partial charge is 0.270 e. The fraction of sp³-hybridized carbons (Fsp3) is 0.500. The molecule has 140 valence electrons. The molecule has 0 aliphatic carbocycles. The van der Waals surface area contributed by atoms with Crippen molar-refractivity contribution in [3.8, 4) is 0 Å². The summed E-state index contributed by atoms with van der Waals surface area (Å²) in [6.45, 7) is 1.50. The van der Waals surface area contributed by atoms with Crippen molar-refractivity contribution in [2.45, 2.75) is 6.42 Å². The van der Waals surface area contributed by atoms with Gasteiger partial charge in [-0.2, -0.15) is 0 Å². The van der Waals surface area contributed by atoms with Gasteiger partial charge in [-0.25, -0.2) is 12.7 Å². The van der Waals surface area contributed by atoms with E-state index in [9.17, 15) is 18.3 Å². The average molecular weight is 377 g/mol. The van der Waals surface area contributed by atoms with Crippen molar-refractivity contribution >= 4 is 26.8 Å². The second-order valence-electron chi connectivity index (χ2n) is 7.56. The lowest BCUT2D eigenvalue weighted by molar-refractivity contribution is 0.0127. The molecule has 26 heavy (non-hydrogen) atoms. The molecule has 2 atom stereocenters. The number of carbonyl (C=O) groups excluding carboxylic acids is 1. The maximum absolute atomic E-state index is 13.0. The quantitative estimate of drug-likeness (QED) is 0.830. The number of nitrogens with one attached hydrogen (secondary N) is 1. The lowest BCUT2D eigenvalue weighted by Crippen LogP contribution is -2.52. The predicted octanol–water partition coefficient (Wildman–Crippen LogP) is 0.884. The number of carbonyl (C=O) groups is 1. The largest absolute Gasteiger partial charge is 0.396 e. The summed E-state index contributed by atoms with van der Waals surface area (Å²) < 4.78 is 25.3. The number of aromatic nitrogens is 1. The molecule has 1 amide bonds. The highest BCUT2D eigenvalue weighted by molar-refractivity contribution is 7.88. The first-order valence-corrected chi connectivity index (χ1v) is 10.6. The van der Waals surface area contributed by atoms with Crippen LogP contribution in [-0.4, -0.2) is 72.7 Å². The van der Waals surface area contributed by atoms with Crippen molar-refractivity contribution in [3.63, 3.8) is 0 Å². The maximum atomic E-state index is 13.0. The van der Waals surface area contributed by atoms with Crippen LogP contribution in [0.2, 0.25) is 0 Å². The van der Waals surface area contributed by atoms with Gasteiger partial charge in [0.25, 0.3) is 5.91 Å². The van der Waals surface area contributed by atoms with Gasteiger partial charge < -0.3 is 15.0 Å². The van der Waals surface area contributed by atoms with Crippen molar-refractivity contribution < 1.29 is 18.3 Å². The normalized spacial score (nSPS) is 27.0. The Morgan fingerprint density at radius 2 is 2.12 bits per heavy atom.